The Morgan fingerprint density at radius 1 is 0.438 bits per heavy atom. The fraction of sp³-hybridized carbons (Fsp3) is 0.845. The molecule has 1 rings (SSSR count). The summed E-state index contributed by atoms with van der Waals surface area (Å²) >= 11 is 0. The zero-order valence-corrected chi connectivity index (χ0v) is 52.3. The van der Waals surface area contributed by atoms with E-state index >= 15 is 0 Å². The molecule has 9 heteroatoms. The summed E-state index contributed by atoms with van der Waals surface area (Å²) < 4.78 is 11.3. The van der Waals surface area contributed by atoms with Crippen LogP contribution in [0.15, 0.2) is 60.8 Å². The number of hydrogen-bond donors (Lipinski definition) is 6. The van der Waals surface area contributed by atoms with Crippen molar-refractivity contribution < 1.29 is 39.8 Å². The van der Waals surface area contributed by atoms with Crippen LogP contribution < -0.4 is 5.32 Å². The minimum atomic E-state index is -1.57. The lowest BCUT2D eigenvalue weighted by Gasteiger charge is -2.40. The number of carbonyl (C=O) groups excluding carboxylic acids is 1. The fourth-order valence-corrected chi connectivity index (χ4v) is 11.0. The molecule has 0 radical (unpaired) electrons. The quantitative estimate of drug-likeness (QED) is 0.0261. The molecule has 0 bridgehead atoms. The monoisotopic (exact) mass is 1130 g/mol. The van der Waals surface area contributed by atoms with Crippen LogP contribution in [0.2, 0.25) is 0 Å². The van der Waals surface area contributed by atoms with E-state index in [0.717, 1.165) is 64.2 Å². The predicted molar refractivity (Wildman–Crippen MR) is 341 cm³/mol. The number of unbranched alkanes of at least 4 members (excludes halogenated alkanes) is 42. The lowest BCUT2D eigenvalue weighted by atomic mass is 9.99. The van der Waals surface area contributed by atoms with Gasteiger partial charge in [-0.15, -0.1) is 0 Å². The van der Waals surface area contributed by atoms with Crippen molar-refractivity contribution in [2.24, 2.45) is 0 Å². The third-order valence-electron chi connectivity index (χ3n) is 16.3. The van der Waals surface area contributed by atoms with E-state index in [0.29, 0.717) is 6.42 Å². The van der Waals surface area contributed by atoms with Crippen molar-refractivity contribution in [3.8, 4) is 0 Å². The van der Waals surface area contributed by atoms with E-state index in [2.05, 4.69) is 67.8 Å². The average molecular weight is 1130 g/mol. The standard InChI is InChI=1S/C71H131NO8/c1-3-5-7-9-11-13-15-17-19-21-23-25-26-27-28-29-30-31-32-33-34-35-36-37-38-39-40-41-43-45-47-49-51-53-55-57-59-61-67(75)72-64(63-79-71-70(78)69(77)68(76)66(62-73)80-71)65(74)60-58-56-54-52-50-48-46-44-42-24-22-20-18-16-14-12-10-8-6-4-2/h5,7,11,13,17,19,23,25,58,60,64-66,68-71,73-74,76-78H,3-4,6,8-10,12,14-16,18,20-22,24,26-57,59,61-63H2,1-2H3,(H,72,75)/b7-5-,13-11-,19-17-,25-23-,60-58+. The molecule has 0 aromatic heterocycles. The topological polar surface area (TPSA) is 149 Å². The summed E-state index contributed by atoms with van der Waals surface area (Å²) in [6.07, 6.45) is 76.1. The van der Waals surface area contributed by atoms with Gasteiger partial charge in [-0.3, -0.25) is 4.79 Å². The molecule has 9 nitrogen and oxygen atoms in total. The fourth-order valence-electron chi connectivity index (χ4n) is 11.0. The van der Waals surface area contributed by atoms with Crippen LogP contribution in [0.5, 0.6) is 0 Å². The number of nitrogens with one attached hydrogen (secondary N) is 1. The highest BCUT2D eigenvalue weighted by Gasteiger charge is 2.44. The van der Waals surface area contributed by atoms with Gasteiger partial charge in [-0.05, 0) is 57.8 Å². The third kappa shape index (κ3) is 48.3. The molecular formula is C71H131NO8. The van der Waals surface area contributed by atoms with Gasteiger partial charge >= 0.3 is 0 Å². The van der Waals surface area contributed by atoms with Crippen molar-refractivity contribution in [2.45, 2.75) is 371 Å². The highest BCUT2D eigenvalue weighted by Crippen LogP contribution is 2.23. The normalized spacial score (nSPS) is 18.8. The van der Waals surface area contributed by atoms with Crippen LogP contribution in [0, 0.1) is 0 Å². The molecular weight excluding hydrogens is 995 g/mol. The van der Waals surface area contributed by atoms with Crippen LogP contribution >= 0.6 is 0 Å². The van der Waals surface area contributed by atoms with Crippen molar-refractivity contribution in [3.05, 3.63) is 60.8 Å². The summed E-state index contributed by atoms with van der Waals surface area (Å²) in [6.45, 7) is 3.71. The summed E-state index contributed by atoms with van der Waals surface area (Å²) in [6, 6.07) is -0.805. The molecule has 468 valence electrons. The molecule has 0 aliphatic carbocycles. The van der Waals surface area contributed by atoms with Gasteiger partial charge < -0.3 is 40.3 Å². The molecule has 0 aromatic rings. The number of hydrogen-bond acceptors (Lipinski definition) is 8. The number of allylic oxidation sites excluding steroid dienone is 9. The molecule has 1 aliphatic rings. The van der Waals surface area contributed by atoms with Gasteiger partial charge in [-0.2, -0.15) is 0 Å². The second-order valence-electron chi connectivity index (χ2n) is 23.9. The highest BCUT2D eigenvalue weighted by molar-refractivity contribution is 5.76. The lowest BCUT2D eigenvalue weighted by molar-refractivity contribution is -0.302. The molecule has 7 unspecified atom stereocenters. The Bertz CT molecular complexity index is 1450. The van der Waals surface area contributed by atoms with E-state index in [1.165, 1.54) is 244 Å². The van der Waals surface area contributed by atoms with Gasteiger partial charge in [0.2, 0.25) is 5.91 Å². The Morgan fingerprint density at radius 3 is 1.15 bits per heavy atom. The van der Waals surface area contributed by atoms with Gasteiger partial charge in [0.15, 0.2) is 6.29 Å². The molecule has 1 aliphatic heterocycles. The first kappa shape index (κ1) is 75.9. The largest absolute Gasteiger partial charge is 0.394 e. The highest BCUT2D eigenvalue weighted by atomic mass is 16.7. The van der Waals surface area contributed by atoms with E-state index in [4.69, 9.17) is 9.47 Å². The van der Waals surface area contributed by atoms with Crippen molar-refractivity contribution in [1.29, 1.82) is 0 Å². The van der Waals surface area contributed by atoms with Crippen LogP contribution in [-0.4, -0.2) is 87.5 Å². The summed E-state index contributed by atoms with van der Waals surface area (Å²) in [4.78, 5) is 13.1. The third-order valence-corrected chi connectivity index (χ3v) is 16.3. The minimum Gasteiger partial charge on any atom is -0.394 e. The second kappa shape index (κ2) is 60.0. The first-order chi connectivity index (χ1) is 39.3. The summed E-state index contributed by atoms with van der Waals surface area (Å²) in [7, 11) is 0. The Labute approximate surface area is 494 Å². The van der Waals surface area contributed by atoms with Gasteiger partial charge in [0.25, 0.3) is 0 Å². The van der Waals surface area contributed by atoms with Crippen molar-refractivity contribution in [2.75, 3.05) is 13.2 Å². The maximum Gasteiger partial charge on any atom is 0.220 e. The maximum atomic E-state index is 13.1. The molecule has 7 atom stereocenters. The summed E-state index contributed by atoms with van der Waals surface area (Å²) in [5.74, 6) is -0.171. The zero-order valence-electron chi connectivity index (χ0n) is 52.3. The summed E-state index contributed by atoms with van der Waals surface area (Å²) in [5, 5.41) is 54.7. The van der Waals surface area contributed by atoms with E-state index in [1.807, 2.05) is 6.08 Å². The Kier molecular flexibility index (Phi) is 57.0. The minimum absolute atomic E-state index is 0.171. The van der Waals surface area contributed by atoms with Gasteiger partial charge in [0, 0.05) is 6.42 Å². The van der Waals surface area contributed by atoms with Crippen molar-refractivity contribution in [1.82, 2.24) is 5.32 Å². The smallest absolute Gasteiger partial charge is 0.220 e. The predicted octanol–water partition coefficient (Wildman–Crippen LogP) is 18.6. The van der Waals surface area contributed by atoms with E-state index < -0.39 is 49.5 Å². The first-order valence-corrected chi connectivity index (χ1v) is 34.5. The van der Waals surface area contributed by atoms with Gasteiger partial charge in [-0.25, -0.2) is 0 Å². The number of ether oxygens (including phenoxy) is 2. The first-order valence-electron chi connectivity index (χ1n) is 34.5. The molecule has 80 heavy (non-hydrogen) atoms. The molecule has 6 N–H and O–H groups in total. The van der Waals surface area contributed by atoms with Crippen LogP contribution in [0.25, 0.3) is 0 Å². The number of rotatable bonds is 60. The van der Waals surface area contributed by atoms with Crippen molar-refractivity contribution in [3.63, 3.8) is 0 Å². The molecule has 0 aromatic carbocycles. The van der Waals surface area contributed by atoms with Crippen LogP contribution in [0.4, 0.5) is 0 Å². The number of aliphatic hydroxyl groups excluding tert-OH is 5. The second-order valence-corrected chi connectivity index (χ2v) is 23.9. The van der Waals surface area contributed by atoms with Crippen LogP contribution in [-0.2, 0) is 14.3 Å². The molecule has 1 amide bonds. The molecule has 1 fully saturated rings. The number of carbonyl (C=O) groups is 1. The zero-order chi connectivity index (χ0) is 57.9. The SMILES string of the molecule is CC/C=C\C/C=C\C/C=C\C/C=C\CCCCCCCCCCCCCCCCCCCCCCCCCCC(=O)NC(COC1OC(CO)C(O)C(O)C1O)C(O)/C=C/CCCCCCCCCCCCCCCCCCCC. The van der Waals surface area contributed by atoms with Crippen molar-refractivity contribution >= 4 is 5.91 Å². The van der Waals surface area contributed by atoms with E-state index in [1.54, 1.807) is 6.08 Å². The Morgan fingerprint density at radius 2 is 0.775 bits per heavy atom. The lowest BCUT2D eigenvalue weighted by Crippen LogP contribution is -2.60. The molecule has 0 spiro atoms. The molecule has 1 heterocycles. The van der Waals surface area contributed by atoms with E-state index in [9.17, 15) is 30.3 Å². The van der Waals surface area contributed by atoms with Crippen LogP contribution in [0.1, 0.15) is 328 Å². The Balaban J connectivity index is 2.08. The van der Waals surface area contributed by atoms with Gasteiger partial charge in [-0.1, -0.05) is 325 Å². The van der Waals surface area contributed by atoms with E-state index in [-0.39, 0.29) is 12.5 Å². The van der Waals surface area contributed by atoms with Gasteiger partial charge in [0.1, 0.15) is 24.4 Å². The Hall–Kier alpha value is -2.11. The molecule has 0 saturated carbocycles. The average Bonchev–Trinajstić information content (AvgIpc) is 3.46. The maximum absolute atomic E-state index is 13.1. The van der Waals surface area contributed by atoms with Gasteiger partial charge in [0.05, 0.1) is 25.4 Å². The summed E-state index contributed by atoms with van der Waals surface area (Å²) in [5.41, 5.74) is 0. The van der Waals surface area contributed by atoms with Crippen LogP contribution in [0.3, 0.4) is 0 Å². The number of amides is 1. The molecule has 1 saturated heterocycles. The number of aliphatic hydroxyl groups is 5.